The molecular formula is C47H39NS. The Morgan fingerprint density at radius 1 is 0.551 bits per heavy atom. The van der Waals surface area contributed by atoms with E-state index in [9.17, 15) is 0 Å². The molecule has 4 aliphatic carbocycles. The van der Waals surface area contributed by atoms with E-state index in [1.165, 1.54) is 114 Å². The highest BCUT2D eigenvalue weighted by Crippen LogP contribution is 2.61. The minimum absolute atomic E-state index is 0.362. The van der Waals surface area contributed by atoms with Crippen LogP contribution in [0.5, 0.6) is 0 Å². The normalized spacial score (nSPS) is 23.0. The number of aromatic nitrogens is 1. The summed E-state index contributed by atoms with van der Waals surface area (Å²) in [5.74, 6) is 2.80. The summed E-state index contributed by atoms with van der Waals surface area (Å²) in [6.45, 7) is 2.23. The largest absolute Gasteiger partial charge is 0.309 e. The van der Waals surface area contributed by atoms with Crippen molar-refractivity contribution < 1.29 is 0 Å². The first-order valence-electron chi connectivity index (χ1n) is 18.3. The Bertz CT molecular complexity index is 2580. The second-order valence-electron chi connectivity index (χ2n) is 15.7. The first-order chi connectivity index (χ1) is 24.1. The van der Waals surface area contributed by atoms with E-state index in [0.717, 1.165) is 17.8 Å². The second-order valence-corrected chi connectivity index (χ2v) is 16.7. The third-order valence-corrected chi connectivity index (χ3v) is 13.7. The van der Waals surface area contributed by atoms with Crippen LogP contribution in [0.4, 0.5) is 0 Å². The van der Waals surface area contributed by atoms with Crippen molar-refractivity contribution in [1.29, 1.82) is 0 Å². The third kappa shape index (κ3) is 4.23. The molecule has 2 aromatic heterocycles. The van der Waals surface area contributed by atoms with Gasteiger partial charge in [0.1, 0.15) is 0 Å². The minimum Gasteiger partial charge on any atom is -0.309 e. The van der Waals surface area contributed by atoms with Gasteiger partial charge < -0.3 is 4.57 Å². The van der Waals surface area contributed by atoms with E-state index >= 15 is 0 Å². The van der Waals surface area contributed by atoms with Crippen LogP contribution in [0.15, 0.2) is 127 Å². The van der Waals surface area contributed by atoms with Crippen LogP contribution < -0.4 is 0 Å². The average molecular weight is 650 g/mol. The number of para-hydroxylation sites is 1. The SMILES string of the molecule is Cc1ccc2c3ccc(C45CC6CC(CC(C6)C4)C5)cc3n(-c3ccccc3-c3cccc(-c4cccc5sc6ccccc6c45)c3)c2c1. The van der Waals surface area contributed by atoms with E-state index in [1.807, 2.05) is 11.3 Å². The number of rotatable bonds is 4. The number of nitrogens with zero attached hydrogens (tertiary/aromatic N) is 1. The van der Waals surface area contributed by atoms with Crippen LogP contribution >= 0.6 is 11.3 Å². The molecular weight excluding hydrogens is 611 g/mol. The predicted molar refractivity (Wildman–Crippen MR) is 209 cm³/mol. The molecule has 6 aromatic carbocycles. The number of hydrogen-bond acceptors (Lipinski definition) is 1. The van der Waals surface area contributed by atoms with E-state index < -0.39 is 0 Å². The van der Waals surface area contributed by atoms with Crippen LogP contribution in [-0.2, 0) is 5.41 Å². The average Bonchev–Trinajstić information content (AvgIpc) is 3.66. The van der Waals surface area contributed by atoms with Crippen molar-refractivity contribution in [3.05, 3.63) is 139 Å². The molecule has 0 spiro atoms. The first-order valence-corrected chi connectivity index (χ1v) is 19.1. The smallest absolute Gasteiger partial charge is 0.0544 e. The Morgan fingerprint density at radius 3 is 2.00 bits per heavy atom. The maximum absolute atomic E-state index is 2.62. The molecule has 1 nitrogen and oxygen atoms in total. The van der Waals surface area contributed by atoms with Gasteiger partial charge in [-0.05, 0) is 133 Å². The predicted octanol–water partition coefficient (Wildman–Crippen LogP) is 13.3. The van der Waals surface area contributed by atoms with Crippen LogP contribution in [0.3, 0.4) is 0 Å². The van der Waals surface area contributed by atoms with Gasteiger partial charge in [0, 0.05) is 36.5 Å². The molecule has 4 aliphatic rings. The lowest BCUT2D eigenvalue weighted by Crippen LogP contribution is -2.48. The van der Waals surface area contributed by atoms with E-state index in [-0.39, 0.29) is 0 Å². The van der Waals surface area contributed by atoms with Gasteiger partial charge in [0.2, 0.25) is 0 Å². The lowest BCUT2D eigenvalue weighted by molar-refractivity contribution is -0.00513. The Hall–Kier alpha value is -4.66. The molecule has 4 bridgehead atoms. The molecule has 0 radical (unpaired) electrons. The van der Waals surface area contributed by atoms with Gasteiger partial charge in [0.15, 0.2) is 0 Å². The second kappa shape index (κ2) is 10.4. The van der Waals surface area contributed by atoms with Gasteiger partial charge in [-0.2, -0.15) is 0 Å². The van der Waals surface area contributed by atoms with Crippen molar-refractivity contribution in [1.82, 2.24) is 4.57 Å². The molecule has 8 aromatic rings. The summed E-state index contributed by atoms with van der Waals surface area (Å²) in [6.07, 6.45) is 8.60. The molecule has 12 rings (SSSR count). The van der Waals surface area contributed by atoms with Gasteiger partial charge in [-0.15, -0.1) is 11.3 Å². The first kappa shape index (κ1) is 28.2. The summed E-state index contributed by atoms with van der Waals surface area (Å²) < 4.78 is 5.29. The van der Waals surface area contributed by atoms with Crippen molar-refractivity contribution in [2.45, 2.75) is 50.9 Å². The number of benzene rings is 6. The fraction of sp³-hybridized carbons (Fsp3) is 0.234. The lowest BCUT2D eigenvalue weighted by Gasteiger charge is -2.57. The summed E-state index contributed by atoms with van der Waals surface area (Å²) in [5, 5.41) is 5.42. The third-order valence-electron chi connectivity index (χ3n) is 12.6. The summed E-state index contributed by atoms with van der Waals surface area (Å²) >= 11 is 1.89. The zero-order chi connectivity index (χ0) is 32.3. The Kier molecular flexibility index (Phi) is 6.00. The highest BCUT2D eigenvalue weighted by atomic mass is 32.1. The van der Waals surface area contributed by atoms with E-state index in [1.54, 1.807) is 5.56 Å². The van der Waals surface area contributed by atoms with Crippen molar-refractivity contribution in [3.8, 4) is 27.9 Å². The number of aryl methyl sites for hydroxylation is 1. The highest BCUT2D eigenvalue weighted by Gasteiger charge is 2.51. The molecule has 0 aliphatic heterocycles. The fourth-order valence-corrected chi connectivity index (χ4v) is 12.1. The van der Waals surface area contributed by atoms with Gasteiger partial charge in [0.25, 0.3) is 0 Å². The number of hydrogen-bond donors (Lipinski definition) is 0. The van der Waals surface area contributed by atoms with Crippen LogP contribution in [0.2, 0.25) is 0 Å². The Morgan fingerprint density at radius 2 is 1.18 bits per heavy atom. The fourth-order valence-electron chi connectivity index (χ4n) is 11.0. The summed E-state index contributed by atoms with van der Waals surface area (Å²) in [6, 6.07) is 48.6. The maximum Gasteiger partial charge on any atom is 0.0544 e. The zero-order valence-electron chi connectivity index (χ0n) is 28.0. The summed E-state index contributed by atoms with van der Waals surface area (Å²) in [5.41, 5.74) is 12.3. The zero-order valence-corrected chi connectivity index (χ0v) is 28.8. The quantitative estimate of drug-likeness (QED) is 0.179. The molecule has 2 heteroatoms. The minimum atomic E-state index is 0.362. The van der Waals surface area contributed by atoms with Crippen molar-refractivity contribution >= 4 is 53.3 Å². The van der Waals surface area contributed by atoms with Crippen LogP contribution in [-0.4, -0.2) is 4.57 Å². The van der Waals surface area contributed by atoms with Gasteiger partial charge in [-0.1, -0.05) is 91.0 Å². The molecule has 2 heterocycles. The molecule has 0 amide bonds. The standard InChI is InChI=1S/C47H39NS/c1-29-16-18-38-39-19-17-35(47-26-30-21-31(27-47)23-32(22-30)28-47)25-43(39)48(42(38)20-29)41-13-4-2-10-36(41)33-8-6-9-34(24-33)37-12-7-15-45-46(37)40-11-3-5-14-44(40)49-45/h2-20,24-25,30-32H,21-23,26-28H2,1H3. The molecule has 4 saturated carbocycles. The molecule has 0 atom stereocenters. The molecule has 49 heavy (non-hydrogen) atoms. The molecule has 0 saturated heterocycles. The molecule has 0 N–H and O–H groups in total. The van der Waals surface area contributed by atoms with Crippen molar-refractivity contribution in [2.24, 2.45) is 17.8 Å². The lowest BCUT2D eigenvalue weighted by atomic mass is 9.48. The monoisotopic (exact) mass is 649 g/mol. The van der Waals surface area contributed by atoms with E-state index in [4.69, 9.17) is 0 Å². The number of fused-ring (bicyclic) bond motifs is 6. The highest BCUT2D eigenvalue weighted by molar-refractivity contribution is 7.25. The molecule has 0 unspecified atom stereocenters. The van der Waals surface area contributed by atoms with Crippen molar-refractivity contribution in [2.75, 3.05) is 0 Å². The van der Waals surface area contributed by atoms with Gasteiger partial charge in [0.05, 0.1) is 16.7 Å². The van der Waals surface area contributed by atoms with E-state index in [0.29, 0.717) is 5.41 Å². The number of thiophene rings is 1. The van der Waals surface area contributed by atoms with Gasteiger partial charge >= 0.3 is 0 Å². The molecule has 238 valence electrons. The van der Waals surface area contributed by atoms with Crippen LogP contribution in [0, 0.1) is 24.7 Å². The van der Waals surface area contributed by atoms with Crippen molar-refractivity contribution in [3.63, 3.8) is 0 Å². The Labute approximate surface area is 291 Å². The van der Waals surface area contributed by atoms with Crippen LogP contribution in [0.1, 0.15) is 49.7 Å². The Balaban J connectivity index is 1.11. The van der Waals surface area contributed by atoms with Gasteiger partial charge in [-0.3, -0.25) is 0 Å². The van der Waals surface area contributed by atoms with Gasteiger partial charge in [-0.25, -0.2) is 0 Å². The summed E-state index contributed by atoms with van der Waals surface area (Å²) in [7, 11) is 0. The topological polar surface area (TPSA) is 4.93 Å². The molecule has 4 fully saturated rings. The maximum atomic E-state index is 2.62. The van der Waals surface area contributed by atoms with E-state index in [2.05, 4.69) is 139 Å². The van der Waals surface area contributed by atoms with Crippen LogP contribution in [0.25, 0.3) is 69.9 Å². The summed E-state index contributed by atoms with van der Waals surface area (Å²) in [4.78, 5) is 0.